The molecule has 0 spiro atoms. The van der Waals surface area contributed by atoms with Crippen LogP contribution >= 0.6 is 15.9 Å². The second kappa shape index (κ2) is 5.48. The monoisotopic (exact) mass is 311 g/mol. The lowest BCUT2D eigenvalue weighted by Gasteiger charge is -2.16. The zero-order valence-corrected chi connectivity index (χ0v) is 11.6. The molecule has 0 bridgehead atoms. The molecule has 1 N–H and O–H groups in total. The van der Waals surface area contributed by atoms with Crippen molar-refractivity contribution in [2.24, 2.45) is 0 Å². The van der Waals surface area contributed by atoms with Crippen molar-refractivity contribution in [3.05, 3.63) is 28.5 Å². The summed E-state index contributed by atoms with van der Waals surface area (Å²) < 4.78 is 0.674. The van der Waals surface area contributed by atoms with Gasteiger partial charge in [0.05, 0.1) is 12.1 Å². The first-order valence-corrected chi connectivity index (χ1v) is 6.52. The molecule has 1 aromatic rings. The van der Waals surface area contributed by atoms with Gasteiger partial charge in [-0.25, -0.2) is 4.98 Å². The molecule has 0 radical (unpaired) electrons. The van der Waals surface area contributed by atoms with Crippen LogP contribution in [0.4, 0.5) is 0 Å². The average Bonchev–Trinajstić information content (AvgIpc) is 3.12. The Labute approximate surface area is 114 Å². The normalized spacial score (nSPS) is 14.1. The summed E-state index contributed by atoms with van der Waals surface area (Å²) in [4.78, 5) is 28.9. The van der Waals surface area contributed by atoms with Crippen molar-refractivity contribution in [3.8, 4) is 0 Å². The van der Waals surface area contributed by atoms with E-state index in [-0.39, 0.29) is 18.4 Å². The largest absolute Gasteiger partial charge is 0.352 e. The molecular formula is C12H14BrN3O2. The van der Waals surface area contributed by atoms with Crippen molar-refractivity contribution in [1.29, 1.82) is 0 Å². The third-order valence-electron chi connectivity index (χ3n) is 2.64. The summed E-state index contributed by atoms with van der Waals surface area (Å²) in [5.41, 5.74) is 0.472. The van der Waals surface area contributed by atoms with Crippen LogP contribution in [0.3, 0.4) is 0 Å². The SMILES string of the molecule is CN(CC(=O)NC1CC1)C(=O)c1ccc(Br)nc1. The van der Waals surface area contributed by atoms with Gasteiger partial charge in [0.2, 0.25) is 5.91 Å². The first kappa shape index (κ1) is 13.0. The van der Waals surface area contributed by atoms with Crippen molar-refractivity contribution in [1.82, 2.24) is 15.2 Å². The minimum atomic E-state index is -0.207. The maximum Gasteiger partial charge on any atom is 0.255 e. The van der Waals surface area contributed by atoms with Crippen molar-refractivity contribution in [2.45, 2.75) is 18.9 Å². The van der Waals surface area contributed by atoms with Crippen molar-refractivity contribution < 1.29 is 9.59 Å². The highest BCUT2D eigenvalue weighted by atomic mass is 79.9. The second-order valence-corrected chi connectivity index (χ2v) is 5.19. The number of nitrogens with one attached hydrogen (secondary N) is 1. The highest BCUT2D eigenvalue weighted by Gasteiger charge is 2.24. The lowest BCUT2D eigenvalue weighted by atomic mass is 10.2. The molecule has 1 aromatic heterocycles. The number of nitrogens with zero attached hydrogens (tertiary/aromatic N) is 2. The van der Waals surface area contributed by atoms with Crippen LogP contribution in [-0.2, 0) is 4.79 Å². The molecule has 2 rings (SSSR count). The Bertz CT molecular complexity index is 457. The van der Waals surface area contributed by atoms with Crippen LogP contribution < -0.4 is 5.32 Å². The van der Waals surface area contributed by atoms with E-state index in [1.807, 2.05) is 0 Å². The number of aromatic nitrogens is 1. The molecule has 2 amide bonds. The molecule has 1 aliphatic carbocycles. The van der Waals surface area contributed by atoms with E-state index in [4.69, 9.17) is 0 Å². The van der Waals surface area contributed by atoms with Gasteiger partial charge >= 0.3 is 0 Å². The summed E-state index contributed by atoms with van der Waals surface area (Å²) in [6.45, 7) is 0.0748. The van der Waals surface area contributed by atoms with Crippen LogP contribution in [0.5, 0.6) is 0 Å². The number of carbonyl (C=O) groups excluding carboxylic acids is 2. The molecular weight excluding hydrogens is 298 g/mol. The Morgan fingerprint density at radius 3 is 2.78 bits per heavy atom. The fraction of sp³-hybridized carbons (Fsp3) is 0.417. The molecule has 6 heteroatoms. The highest BCUT2D eigenvalue weighted by Crippen LogP contribution is 2.18. The zero-order chi connectivity index (χ0) is 13.1. The minimum Gasteiger partial charge on any atom is -0.352 e. The van der Waals surface area contributed by atoms with Crippen LogP contribution in [0.1, 0.15) is 23.2 Å². The van der Waals surface area contributed by atoms with E-state index < -0.39 is 0 Å². The third-order valence-corrected chi connectivity index (χ3v) is 3.11. The fourth-order valence-corrected chi connectivity index (χ4v) is 1.75. The quantitative estimate of drug-likeness (QED) is 0.850. The zero-order valence-electron chi connectivity index (χ0n) is 10.0. The topological polar surface area (TPSA) is 62.3 Å². The Balaban J connectivity index is 1.90. The average molecular weight is 312 g/mol. The molecule has 0 aromatic carbocycles. The summed E-state index contributed by atoms with van der Waals surface area (Å²) in [6.07, 6.45) is 3.57. The smallest absolute Gasteiger partial charge is 0.255 e. The molecule has 0 unspecified atom stereocenters. The number of carbonyl (C=O) groups is 2. The predicted molar refractivity (Wildman–Crippen MR) is 70.1 cm³/mol. The van der Waals surface area contributed by atoms with Gasteiger partial charge in [0.1, 0.15) is 4.60 Å². The van der Waals surface area contributed by atoms with Gasteiger partial charge < -0.3 is 10.2 Å². The number of amides is 2. The maximum absolute atomic E-state index is 12.0. The first-order valence-electron chi connectivity index (χ1n) is 5.72. The van der Waals surface area contributed by atoms with E-state index in [1.165, 1.54) is 11.1 Å². The summed E-state index contributed by atoms with van der Waals surface area (Å²) in [6, 6.07) is 3.69. The maximum atomic E-state index is 12.0. The molecule has 96 valence electrons. The van der Waals surface area contributed by atoms with Gasteiger partial charge in [-0.15, -0.1) is 0 Å². The van der Waals surface area contributed by atoms with E-state index in [0.29, 0.717) is 16.2 Å². The third kappa shape index (κ3) is 3.53. The van der Waals surface area contributed by atoms with Crippen LogP contribution in [0.15, 0.2) is 22.9 Å². The van der Waals surface area contributed by atoms with E-state index in [2.05, 4.69) is 26.2 Å². The van der Waals surface area contributed by atoms with E-state index in [0.717, 1.165) is 12.8 Å². The summed E-state index contributed by atoms with van der Waals surface area (Å²) in [5, 5.41) is 2.84. The van der Waals surface area contributed by atoms with Gasteiger partial charge in [-0.3, -0.25) is 9.59 Å². The van der Waals surface area contributed by atoms with Crippen molar-refractivity contribution >= 4 is 27.7 Å². The molecule has 1 aliphatic rings. The van der Waals surface area contributed by atoms with Crippen molar-refractivity contribution in [2.75, 3.05) is 13.6 Å². The van der Waals surface area contributed by atoms with Gasteiger partial charge in [-0.05, 0) is 40.9 Å². The fourth-order valence-electron chi connectivity index (χ4n) is 1.51. The van der Waals surface area contributed by atoms with Gasteiger partial charge in [-0.1, -0.05) is 0 Å². The number of halogens is 1. The molecule has 1 saturated carbocycles. The Kier molecular flexibility index (Phi) is 3.96. The van der Waals surface area contributed by atoms with Crippen LogP contribution in [-0.4, -0.2) is 41.3 Å². The molecule has 0 saturated heterocycles. The van der Waals surface area contributed by atoms with Crippen LogP contribution in [0.25, 0.3) is 0 Å². The van der Waals surface area contributed by atoms with Crippen LogP contribution in [0, 0.1) is 0 Å². The van der Waals surface area contributed by atoms with Crippen molar-refractivity contribution in [3.63, 3.8) is 0 Å². The Morgan fingerprint density at radius 2 is 2.22 bits per heavy atom. The number of likely N-dealkylation sites (N-methyl/N-ethyl adjacent to an activating group) is 1. The molecule has 18 heavy (non-hydrogen) atoms. The Hall–Kier alpha value is -1.43. The van der Waals surface area contributed by atoms with E-state index in [9.17, 15) is 9.59 Å². The lowest BCUT2D eigenvalue weighted by Crippen LogP contribution is -2.39. The Morgan fingerprint density at radius 1 is 1.50 bits per heavy atom. The molecule has 1 fully saturated rings. The summed E-state index contributed by atoms with van der Waals surface area (Å²) >= 11 is 3.21. The lowest BCUT2D eigenvalue weighted by molar-refractivity contribution is -0.121. The van der Waals surface area contributed by atoms with Gasteiger partial charge in [0.15, 0.2) is 0 Å². The second-order valence-electron chi connectivity index (χ2n) is 4.37. The first-order chi connectivity index (χ1) is 8.56. The van der Waals surface area contributed by atoms with Gasteiger partial charge in [0.25, 0.3) is 5.91 Å². The number of rotatable bonds is 4. The van der Waals surface area contributed by atoms with Gasteiger partial charge in [0, 0.05) is 19.3 Å². The minimum absolute atomic E-state index is 0.0748. The van der Waals surface area contributed by atoms with Crippen LogP contribution in [0.2, 0.25) is 0 Å². The van der Waals surface area contributed by atoms with Gasteiger partial charge in [-0.2, -0.15) is 0 Å². The molecule has 5 nitrogen and oxygen atoms in total. The summed E-state index contributed by atoms with van der Waals surface area (Å²) in [7, 11) is 1.61. The molecule has 0 aliphatic heterocycles. The summed E-state index contributed by atoms with van der Waals surface area (Å²) in [5.74, 6) is -0.320. The molecule has 0 atom stereocenters. The van der Waals surface area contributed by atoms with E-state index >= 15 is 0 Å². The highest BCUT2D eigenvalue weighted by molar-refractivity contribution is 9.10. The molecule has 1 heterocycles. The standard InChI is InChI=1S/C12H14BrN3O2/c1-16(7-11(17)15-9-3-4-9)12(18)8-2-5-10(13)14-6-8/h2,5-6,9H,3-4,7H2,1H3,(H,15,17). The number of hydrogen-bond donors (Lipinski definition) is 1. The number of pyridine rings is 1. The predicted octanol–water partition coefficient (Wildman–Crippen LogP) is 1.19. The van der Waals surface area contributed by atoms with E-state index in [1.54, 1.807) is 19.2 Å². The number of hydrogen-bond acceptors (Lipinski definition) is 3.